The molecule has 0 aromatic rings. The molecule has 0 fully saturated rings. The monoisotopic (exact) mass is 193 g/mol. The summed E-state index contributed by atoms with van der Waals surface area (Å²) in [5.74, 6) is 0. The molecule has 4 nitrogen and oxygen atoms in total. The molecule has 76 valence electrons. The maximum Gasteiger partial charge on any atom is 0.297 e. The number of allylic oxidation sites excluding steroid dienone is 4. The second kappa shape index (κ2) is 5.37. The summed E-state index contributed by atoms with van der Waals surface area (Å²) < 4.78 is 0. The minimum Gasteiger partial charge on any atom is -0.395 e. The fraction of sp³-hybridized carbons (Fsp3) is 0.500. The third-order valence-corrected chi connectivity index (χ3v) is 2.18. The first kappa shape index (κ1) is 10.7. The van der Waals surface area contributed by atoms with Gasteiger partial charge in [-0.25, -0.2) is 0 Å². The van der Waals surface area contributed by atoms with Crippen molar-refractivity contribution in [2.45, 2.75) is 19.8 Å². The second-order valence-corrected chi connectivity index (χ2v) is 3.11. The predicted octanol–water partition coefficient (Wildman–Crippen LogP) is 0.863. The van der Waals surface area contributed by atoms with Crippen LogP contribution in [0.15, 0.2) is 23.4 Å². The Morgan fingerprint density at radius 2 is 2.36 bits per heavy atom. The fourth-order valence-corrected chi connectivity index (χ4v) is 1.43. The smallest absolute Gasteiger partial charge is 0.297 e. The molecule has 0 atom stereocenters. The zero-order valence-electron chi connectivity index (χ0n) is 8.32. The minimum atomic E-state index is 0.107. The SMILES string of the molecule is CCC1=C(NCCO)CC(=[N+]=[N-])C=C1. The highest BCUT2D eigenvalue weighted by Crippen LogP contribution is 2.16. The maximum absolute atomic E-state index is 8.70. The van der Waals surface area contributed by atoms with Gasteiger partial charge in [-0.1, -0.05) is 6.92 Å². The van der Waals surface area contributed by atoms with Crippen LogP contribution in [-0.2, 0) is 0 Å². The average molecular weight is 193 g/mol. The fourth-order valence-electron chi connectivity index (χ4n) is 1.43. The lowest BCUT2D eigenvalue weighted by Crippen LogP contribution is -2.22. The van der Waals surface area contributed by atoms with Crippen LogP contribution < -0.4 is 5.32 Å². The quantitative estimate of drug-likeness (QED) is 0.513. The molecule has 0 saturated heterocycles. The highest BCUT2D eigenvalue weighted by molar-refractivity contribution is 5.93. The third-order valence-electron chi connectivity index (χ3n) is 2.18. The molecule has 0 heterocycles. The minimum absolute atomic E-state index is 0.107. The van der Waals surface area contributed by atoms with Gasteiger partial charge in [0.25, 0.3) is 5.71 Å². The van der Waals surface area contributed by atoms with Gasteiger partial charge in [-0.15, -0.1) is 0 Å². The van der Waals surface area contributed by atoms with E-state index < -0.39 is 0 Å². The van der Waals surface area contributed by atoms with Crippen LogP contribution in [-0.4, -0.2) is 28.8 Å². The molecule has 4 heteroatoms. The van der Waals surface area contributed by atoms with Gasteiger partial charge in [0.2, 0.25) is 0 Å². The lowest BCUT2D eigenvalue weighted by atomic mass is 10.00. The van der Waals surface area contributed by atoms with Crippen LogP contribution in [0.4, 0.5) is 0 Å². The molecular weight excluding hydrogens is 178 g/mol. The van der Waals surface area contributed by atoms with Crippen LogP contribution in [0.1, 0.15) is 19.8 Å². The van der Waals surface area contributed by atoms with Crippen molar-refractivity contribution >= 4 is 5.71 Å². The maximum atomic E-state index is 8.70. The summed E-state index contributed by atoms with van der Waals surface area (Å²) >= 11 is 0. The second-order valence-electron chi connectivity index (χ2n) is 3.11. The van der Waals surface area contributed by atoms with E-state index in [2.05, 4.69) is 17.0 Å². The molecule has 0 aliphatic heterocycles. The number of rotatable bonds is 4. The van der Waals surface area contributed by atoms with E-state index in [4.69, 9.17) is 10.6 Å². The van der Waals surface area contributed by atoms with Crippen LogP contribution in [0.2, 0.25) is 0 Å². The number of nitrogens with one attached hydrogen (secondary N) is 1. The van der Waals surface area contributed by atoms with E-state index in [1.54, 1.807) is 0 Å². The summed E-state index contributed by atoms with van der Waals surface area (Å²) in [7, 11) is 0. The molecule has 0 spiro atoms. The molecule has 1 aliphatic rings. The van der Waals surface area contributed by atoms with E-state index >= 15 is 0 Å². The van der Waals surface area contributed by atoms with Gasteiger partial charge in [-0.3, -0.25) is 0 Å². The van der Waals surface area contributed by atoms with Crippen LogP contribution in [0.25, 0.3) is 5.53 Å². The van der Waals surface area contributed by atoms with Gasteiger partial charge in [-0.2, -0.15) is 4.79 Å². The van der Waals surface area contributed by atoms with Gasteiger partial charge in [0.1, 0.15) is 0 Å². The number of hydrogen-bond acceptors (Lipinski definition) is 2. The third kappa shape index (κ3) is 2.55. The van der Waals surface area contributed by atoms with Gasteiger partial charge in [0, 0.05) is 18.3 Å². The van der Waals surface area contributed by atoms with Crippen LogP contribution in [0.3, 0.4) is 0 Å². The molecule has 2 N–H and O–H groups in total. The summed E-state index contributed by atoms with van der Waals surface area (Å²) in [6, 6.07) is 0. The van der Waals surface area contributed by atoms with E-state index in [0.29, 0.717) is 18.7 Å². The summed E-state index contributed by atoms with van der Waals surface area (Å²) in [4.78, 5) is 3.17. The molecule has 0 aromatic heterocycles. The van der Waals surface area contributed by atoms with E-state index in [0.717, 1.165) is 12.1 Å². The van der Waals surface area contributed by atoms with E-state index in [1.165, 1.54) is 5.57 Å². The predicted molar refractivity (Wildman–Crippen MR) is 54.8 cm³/mol. The van der Waals surface area contributed by atoms with Crippen LogP contribution in [0.5, 0.6) is 0 Å². The van der Waals surface area contributed by atoms with Gasteiger partial charge in [-0.05, 0) is 18.1 Å². The number of aliphatic hydroxyl groups excluding tert-OH is 1. The summed E-state index contributed by atoms with van der Waals surface area (Å²) in [5.41, 5.74) is 11.5. The summed E-state index contributed by atoms with van der Waals surface area (Å²) in [6.07, 6.45) is 5.29. The number of hydrogen-bond donors (Lipinski definition) is 2. The number of aliphatic hydroxyl groups is 1. The molecule has 1 rings (SSSR count). The molecule has 0 aromatic carbocycles. The summed E-state index contributed by atoms with van der Waals surface area (Å²) in [5, 5.41) is 11.8. The Balaban J connectivity index is 2.77. The van der Waals surface area contributed by atoms with Crippen molar-refractivity contribution in [2.75, 3.05) is 13.2 Å². The first-order valence-electron chi connectivity index (χ1n) is 4.77. The molecule has 14 heavy (non-hydrogen) atoms. The van der Waals surface area contributed by atoms with Crippen molar-refractivity contribution in [3.05, 3.63) is 29.0 Å². The number of nitrogens with zero attached hydrogens (tertiary/aromatic N) is 2. The van der Waals surface area contributed by atoms with Crippen molar-refractivity contribution in [3.8, 4) is 0 Å². The molecular formula is C10H15N3O. The zero-order chi connectivity index (χ0) is 10.4. The lowest BCUT2D eigenvalue weighted by molar-refractivity contribution is -0.00577. The van der Waals surface area contributed by atoms with Crippen molar-refractivity contribution in [1.29, 1.82) is 0 Å². The Morgan fingerprint density at radius 3 is 2.93 bits per heavy atom. The molecule has 0 radical (unpaired) electrons. The first-order valence-corrected chi connectivity index (χ1v) is 4.77. The standard InChI is InChI=1S/C10H15N3O/c1-2-8-3-4-9(13-11)7-10(8)12-5-6-14/h3-4,12,14H,2,5-7H2,1H3. The van der Waals surface area contributed by atoms with Gasteiger partial charge < -0.3 is 16.0 Å². The molecule has 0 bridgehead atoms. The van der Waals surface area contributed by atoms with E-state index in [-0.39, 0.29) is 6.61 Å². The highest BCUT2D eigenvalue weighted by atomic mass is 16.3. The molecule has 1 aliphatic carbocycles. The largest absolute Gasteiger partial charge is 0.395 e. The van der Waals surface area contributed by atoms with Crippen LogP contribution in [0, 0.1) is 0 Å². The van der Waals surface area contributed by atoms with Crippen molar-refractivity contribution in [1.82, 2.24) is 5.32 Å². The molecule has 0 amide bonds. The van der Waals surface area contributed by atoms with Crippen molar-refractivity contribution in [2.24, 2.45) is 0 Å². The Kier molecular flexibility index (Phi) is 4.11. The normalized spacial score (nSPS) is 15.7. The zero-order valence-corrected chi connectivity index (χ0v) is 8.32. The van der Waals surface area contributed by atoms with Gasteiger partial charge in [0.15, 0.2) is 0 Å². The molecule has 0 saturated carbocycles. The van der Waals surface area contributed by atoms with Crippen molar-refractivity contribution < 1.29 is 9.90 Å². The lowest BCUT2D eigenvalue weighted by Gasteiger charge is -2.14. The Labute approximate surface area is 83.6 Å². The van der Waals surface area contributed by atoms with Gasteiger partial charge in [0.05, 0.1) is 13.0 Å². The van der Waals surface area contributed by atoms with Crippen LogP contribution >= 0.6 is 0 Å². The topological polar surface area (TPSA) is 68.7 Å². The Morgan fingerprint density at radius 1 is 1.57 bits per heavy atom. The Hall–Kier alpha value is -1.38. The van der Waals surface area contributed by atoms with E-state index in [9.17, 15) is 0 Å². The summed E-state index contributed by atoms with van der Waals surface area (Å²) in [6.45, 7) is 2.71. The van der Waals surface area contributed by atoms with Crippen molar-refractivity contribution in [3.63, 3.8) is 0 Å². The van der Waals surface area contributed by atoms with E-state index in [1.807, 2.05) is 12.2 Å². The average Bonchev–Trinajstić information content (AvgIpc) is 2.25. The first-order chi connectivity index (χ1) is 6.81. The Bertz CT molecular complexity index is 311. The van der Waals surface area contributed by atoms with Gasteiger partial charge >= 0.3 is 0 Å². The highest BCUT2D eigenvalue weighted by Gasteiger charge is 2.15. The molecule has 0 unspecified atom stereocenters.